The zero-order valence-corrected chi connectivity index (χ0v) is 11.9. The first-order valence-corrected chi connectivity index (χ1v) is 6.35. The van der Waals surface area contributed by atoms with Crippen molar-refractivity contribution in [1.82, 2.24) is 4.98 Å². The molecule has 0 unspecified atom stereocenters. The molecule has 0 fully saturated rings. The molecule has 98 valence electrons. The van der Waals surface area contributed by atoms with Crippen molar-refractivity contribution < 1.29 is 4.79 Å². The molecular weight excluding hydrogens is 260 g/mol. The maximum atomic E-state index is 12.1. The number of rotatable bonds is 2. The first-order valence-electron chi connectivity index (χ1n) is 5.97. The van der Waals surface area contributed by atoms with Crippen LogP contribution in [0.15, 0.2) is 30.5 Å². The molecule has 1 amide bonds. The van der Waals surface area contributed by atoms with Gasteiger partial charge in [0.1, 0.15) is 5.15 Å². The zero-order valence-electron chi connectivity index (χ0n) is 11.1. The Bertz CT molecular complexity index is 618. The summed E-state index contributed by atoms with van der Waals surface area (Å²) in [5.74, 6) is -0.143. The molecule has 2 rings (SSSR count). The molecule has 4 heteroatoms. The lowest BCUT2D eigenvalue weighted by molar-refractivity contribution is 0.102. The molecule has 1 aromatic carbocycles. The minimum absolute atomic E-state index is 0.143. The van der Waals surface area contributed by atoms with Crippen molar-refractivity contribution in [2.75, 3.05) is 5.32 Å². The zero-order chi connectivity index (χ0) is 14.0. The number of anilines is 1. The number of nitrogens with zero attached hydrogens (tertiary/aromatic N) is 1. The van der Waals surface area contributed by atoms with Crippen LogP contribution < -0.4 is 5.32 Å². The normalized spacial score (nSPS) is 10.3. The molecule has 19 heavy (non-hydrogen) atoms. The predicted octanol–water partition coefficient (Wildman–Crippen LogP) is 3.91. The second-order valence-corrected chi connectivity index (χ2v) is 5.02. The van der Waals surface area contributed by atoms with E-state index < -0.39 is 0 Å². The third kappa shape index (κ3) is 3.32. The van der Waals surface area contributed by atoms with E-state index in [1.807, 2.05) is 39.0 Å². The maximum Gasteiger partial charge on any atom is 0.255 e. The molecule has 0 aliphatic heterocycles. The fourth-order valence-corrected chi connectivity index (χ4v) is 2.04. The van der Waals surface area contributed by atoms with Gasteiger partial charge in [-0.15, -0.1) is 0 Å². The van der Waals surface area contributed by atoms with Gasteiger partial charge in [-0.3, -0.25) is 4.79 Å². The van der Waals surface area contributed by atoms with Gasteiger partial charge in [0.25, 0.3) is 5.91 Å². The smallest absolute Gasteiger partial charge is 0.255 e. The molecule has 0 saturated carbocycles. The monoisotopic (exact) mass is 274 g/mol. The quantitative estimate of drug-likeness (QED) is 0.844. The number of carbonyl (C=O) groups excluding carboxylic acids is 1. The molecule has 0 aliphatic carbocycles. The van der Waals surface area contributed by atoms with Crippen LogP contribution >= 0.6 is 11.6 Å². The Kier molecular flexibility index (Phi) is 3.86. The van der Waals surface area contributed by atoms with Gasteiger partial charge in [-0.05, 0) is 44.5 Å². The van der Waals surface area contributed by atoms with E-state index in [0.717, 1.165) is 16.7 Å². The molecular formula is C15H15ClN2O. The Balaban J connectivity index is 2.22. The molecule has 3 nitrogen and oxygen atoms in total. The van der Waals surface area contributed by atoms with E-state index in [1.54, 1.807) is 12.3 Å². The Morgan fingerprint density at radius 1 is 1.11 bits per heavy atom. The van der Waals surface area contributed by atoms with Crippen LogP contribution in [-0.2, 0) is 0 Å². The van der Waals surface area contributed by atoms with E-state index in [4.69, 9.17) is 11.6 Å². The third-order valence-corrected chi connectivity index (χ3v) is 3.15. The Labute approximate surface area is 117 Å². The van der Waals surface area contributed by atoms with E-state index in [1.165, 1.54) is 0 Å². The summed E-state index contributed by atoms with van der Waals surface area (Å²) in [6, 6.07) is 7.55. The second kappa shape index (κ2) is 5.41. The number of benzene rings is 1. The number of hydrogen-bond acceptors (Lipinski definition) is 2. The fraction of sp³-hybridized carbons (Fsp3) is 0.200. The maximum absolute atomic E-state index is 12.1. The number of amides is 1. The van der Waals surface area contributed by atoms with E-state index in [-0.39, 0.29) is 5.91 Å². The molecule has 0 atom stereocenters. The van der Waals surface area contributed by atoms with E-state index in [2.05, 4.69) is 10.3 Å². The van der Waals surface area contributed by atoms with E-state index in [0.29, 0.717) is 16.4 Å². The highest BCUT2D eigenvalue weighted by Gasteiger charge is 2.08. The average molecular weight is 275 g/mol. The van der Waals surface area contributed by atoms with E-state index >= 15 is 0 Å². The number of aryl methyl sites for hydroxylation is 3. The summed E-state index contributed by atoms with van der Waals surface area (Å²) in [6.45, 7) is 5.79. The molecule has 2 aromatic rings. The lowest BCUT2D eigenvalue weighted by atomic mass is 10.1. The fourth-order valence-electron chi connectivity index (χ4n) is 1.94. The van der Waals surface area contributed by atoms with Crippen LogP contribution in [0.2, 0.25) is 5.15 Å². The van der Waals surface area contributed by atoms with Gasteiger partial charge in [0.2, 0.25) is 0 Å². The number of hydrogen-bond donors (Lipinski definition) is 1. The topological polar surface area (TPSA) is 42.0 Å². The molecule has 0 saturated heterocycles. The molecule has 1 aromatic heterocycles. The number of halogens is 1. The highest BCUT2D eigenvalue weighted by Crippen LogP contribution is 2.17. The summed E-state index contributed by atoms with van der Waals surface area (Å²) < 4.78 is 0. The minimum Gasteiger partial charge on any atom is -0.321 e. The average Bonchev–Trinajstić information content (AvgIpc) is 2.32. The van der Waals surface area contributed by atoms with Crippen LogP contribution in [0, 0.1) is 20.8 Å². The van der Waals surface area contributed by atoms with Crippen molar-refractivity contribution in [2.24, 2.45) is 0 Å². The van der Waals surface area contributed by atoms with Crippen molar-refractivity contribution in [3.63, 3.8) is 0 Å². The first kappa shape index (κ1) is 13.6. The summed E-state index contributed by atoms with van der Waals surface area (Å²) >= 11 is 5.85. The number of aromatic nitrogens is 1. The Morgan fingerprint density at radius 3 is 2.32 bits per heavy atom. The van der Waals surface area contributed by atoms with Crippen LogP contribution in [0.25, 0.3) is 0 Å². The van der Waals surface area contributed by atoms with Crippen LogP contribution in [0.1, 0.15) is 27.0 Å². The van der Waals surface area contributed by atoms with Crippen molar-refractivity contribution in [1.29, 1.82) is 0 Å². The van der Waals surface area contributed by atoms with Gasteiger partial charge in [0.15, 0.2) is 0 Å². The third-order valence-electron chi connectivity index (χ3n) is 2.76. The van der Waals surface area contributed by atoms with Crippen molar-refractivity contribution in [2.45, 2.75) is 20.8 Å². The SMILES string of the molecule is Cc1cc(C)cc(C(=O)Nc2cnc(Cl)c(C)c2)c1. The second-order valence-electron chi connectivity index (χ2n) is 4.66. The molecule has 0 bridgehead atoms. The highest BCUT2D eigenvalue weighted by atomic mass is 35.5. The van der Waals surface area contributed by atoms with Crippen LogP contribution in [-0.4, -0.2) is 10.9 Å². The Morgan fingerprint density at radius 2 is 1.74 bits per heavy atom. The van der Waals surface area contributed by atoms with Gasteiger partial charge in [0, 0.05) is 5.56 Å². The summed E-state index contributed by atoms with van der Waals surface area (Å²) in [4.78, 5) is 16.2. The minimum atomic E-state index is -0.143. The van der Waals surface area contributed by atoms with Crippen molar-refractivity contribution in [3.05, 3.63) is 57.9 Å². The van der Waals surface area contributed by atoms with Crippen LogP contribution in [0.4, 0.5) is 5.69 Å². The number of carbonyl (C=O) groups is 1. The van der Waals surface area contributed by atoms with Crippen molar-refractivity contribution in [3.8, 4) is 0 Å². The Hall–Kier alpha value is -1.87. The summed E-state index contributed by atoms with van der Waals surface area (Å²) in [5, 5.41) is 3.27. The lowest BCUT2D eigenvalue weighted by Crippen LogP contribution is -2.12. The molecule has 0 spiro atoms. The van der Waals surface area contributed by atoms with Crippen LogP contribution in [0.5, 0.6) is 0 Å². The van der Waals surface area contributed by atoms with Crippen LogP contribution in [0.3, 0.4) is 0 Å². The van der Waals surface area contributed by atoms with Gasteiger partial charge in [0.05, 0.1) is 11.9 Å². The summed E-state index contributed by atoms with van der Waals surface area (Å²) in [5.41, 5.74) is 4.25. The number of pyridine rings is 1. The molecule has 1 N–H and O–H groups in total. The number of nitrogens with one attached hydrogen (secondary N) is 1. The summed E-state index contributed by atoms with van der Waals surface area (Å²) in [7, 11) is 0. The first-order chi connectivity index (χ1) is 8.95. The van der Waals surface area contributed by atoms with Gasteiger partial charge in [-0.1, -0.05) is 28.8 Å². The lowest BCUT2D eigenvalue weighted by Gasteiger charge is -2.08. The largest absolute Gasteiger partial charge is 0.321 e. The standard InChI is InChI=1S/C15H15ClN2O/c1-9-4-10(2)6-12(5-9)15(19)18-13-7-11(3)14(16)17-8-13/h4-8H,1-3H3,(H,18,19). The van der Waals surface area contributed by atoms with Gasteiger partial charge < -0.3 is 5.32 Å². The molecule has 1 heterocycles. The van der Waals surface area contributed by atoms with E-state index in [9.17, 15) is 4.79 Å². The van der Waals surface area contributed by atoms with Gasteiger partial charge >= 0.3 is 0 Å². The summed E-state index contributed by atoms with van der Waals surface area (Å²) in [6.07, 6.45) is 1.55. The molecule has 0 aliphatic rings. The molecule has 0 radical (unpaired) electrons. The van der Waals surface area contributed by atoms with Gasteiger partial charge in [-0.25, -0.2) is 4.98 Å². The van der Waals surface area contributed by atoms with Crippen molar-refractivity contribution >= 4 is 23.2 Å². The highest BCUT2D eigenvalue weighted by molar-refractivity contribution is 6.30. The predicted molar refractivity (Wildman–Crippen MR) is 77.9 cm³/mol. The van der Waals surface area contributed by atoms with Gasteiger partial charge in [-0.2, -0.15) is 0 Å².